The molecule has 12 saturated carbocycles. The van der Waals surface area contributed by atoms with Crippen molar-refractivity contribution in [3.8, 4) is 0 Å². The monoisotopic (exact) mass is 1630 g/mol. The summed E-state index contributed by atoms with van der Waals surface area (Å²) in [6.45, 7) is 0. The molecule has 12 aliphatic carbocycles. The first-order chi connectivity index (χ1) is 46.7. The average molecular weight is 1630 g/mol. The summed E-state index contributed by atoms with van der Waals surface area (Å²) < 4.78 is 4.41. The number of hydrogen-bond donors (Lipinski definition) is 0. The second-order valence-corrected chi connectivity index (χ2v) is 37.7. The molecule has 0 amide bonds. The molecule has 0 saturated heterocycles. The molecule has 12 fully saturated rings. The molecule has 97 heavy (non-hydrogen) atoms. The third-order valence-corrected chi connectivity index (χ3v) is 27.4. The minimum absolute atomic E-state index is 0. The van der Waals surface area contributed by atoms with E-state index >= 15 is 0 Å². The van der Waals surface area contributed by atoms with E-state index in [0.29, 0.717) is 72.5 Å². The predicted molar refractivity (Wildman–Crippen MR) is 453 cm³/mol. The van der Waals surface area contributed by atoms with Gasteiger partial charge in [0.05, 0.1) is 0 Å². The van der Waals surface area contributed by atoms with E-state index in [1.54, 1.807) is 0 Å². The average Bonchev–Trinajstić information content (AvgIpc) is 2.51. The largest absolute Gasteiger partial charge is 6.00 e. The zero-order valence-electron chi connectivity index (χ0n) is 60.3. The molecule has 0 aliphatic heterocycles. The van der Waals surface area contributed by atoms with E-state index in [4.69, 9.17) is 149 Å². The van der Waals surface area contributed by atoms with E-state index in [1.165, 1.54) is 385 Å². The molecule has 12 rings (SSSR count). The van der Waals surface area contributed by atoms with E-state index in [0.717, 1.165) is 25.9 Å². The van der Waals surface area contributed by atoms with Crippen molar-refractivity contribution in [1.29, 1.82) is 0 Å². The molecule has 0 N–H and O–H groups in total. The van der Waals surface area contributed by atoms with Gasteiger partial charge in [0.1, 0.15) is 0 Å². The summed E-state index contributed by atoms with van der Waals surface area (Å²) in [4.78, 5) is 14.6. The Labute approximate surface area is 676 Å². The molecule has 0 atom stereocenters. The number of rotatable bonds is 12. The van der Waals surface area contributed by atoms with Crippen LogP contribution in [0.15, 0.2) is 0 Å². The van der Waals surface area contributed by atoms with Gasteiger partial charge in [-0.15, -0.1) is 0 Å². The van der Waals surface area contributed by atoms with E-state index < -0.39 is 0 Å². The van der Waals surface area contributed by atoms with Gasteiger partial charge in [-0.3, -0.25) is 0 Å². The Kier molecular flexibility index (Phi) is 45.7. The molecule has 0 aromatic heterocycles. The van der Waals surface area contributed by atoms with E-state index in [9.17, 15) is 0 Å². The minimum Gasteiger partial charge on any atom is -0.411 e. The minimum atomic E-state index is 0. The molecular formula is C78H132MoN6S12. The Balaban J connectivity index is 0.000000183. The Morgan fingerprint density at radius 1 is 0.144 bits per heavy atom. The van der Waals surface area contributed by atoms with Gasteiger partial charge >= 0.3 is 21.1 Å². The fourth-order valence-corrected chi connectivity index (χ4v) is 23.5. The summed E-state index contributed by atoms with van der Waals surface area (Å²) in [5.74, 6) is 0. The van der Waals surface area contributed by atoms with Crippen molar-refractivity contribution in [2.45, 2.75) is 458 Å². The van der Waals surface area contributed by atoms with Crippen LogP contribution in [0.2, 0.25) is 0 Å². The van der Waals surface area contributed by atoms with Gasteiger partial charge in [-0.05, 0) is 154 Å². The van der Waals surface area contributed by atoms with Crippen LogP contribution >= 0.6 is 73.3 Å². The van der Waals surface area contributed by atoms with Crippen LogP contribution in [0.5, 0.6) is 0 Å². The summed E-state index contributed by atoms with van der Waals surface area (Å²) in [6, 6.07) is 8.02. The van der Waals surface area contributed by atoms with Crippen LogP contribution in [-0.2, 0) is 96.8 Å². The molecule has 0 spiro atoms. The zero-order valence-corrected chi connectivity index (χ0v) is 72.2. The maximum Gasteiger partial charge on any atom is 6.00 e. The quantitative estimate of drug-likeness (QED) is 0.105. The maximum atomic E-state index is 5.32. The number of nitrogens with zero attached hydrogens (tertiary/aromatic N) is 6. The Hall–Kier alpha value is 1.35. The van der Waals surface area contributed by atoms with E-state index in [-0.39, 0.29) is 21.1 Å². The molecule has 0 bridgehead atoms. The molecule has 19 heteroatoms. The van der Waals surface area contributed by atoms with Crippen molar-refractivity contribution in [1.82, 2.24) is 29.4 Å². The smallest absolute Gasteiger partial charge is 0.411 e. The van der Waals surface area contributed by atoms with Gasteiger partial charge in [0.15, 0.2) is 0 Å². The van der Waals surface area contributed by atoms with Gasteiger partial charge in [0.25, 0.3) is 0 Å². The maximum absolute atomic E-state index is 5.32. The number of thiocarbonyl (C=S) groups is 6. The molecule has 0 radical (unpaired) electrons. The first-order valence-corrected chi connectivity index (χ1v) is 45.6. The standard InChI is InChI=1S/6C13H23NS2.Mo/c6*15-13(16)14(11-7-3-1-4-8-11)12-9-5-2-6-10-12;/h6*11-12H,1-10H2,(H,15,16);/q;;;;;;+6/p-6. The summed E-state index contributed by atoms with van der Waals surface area (Å²) in [5, 5.41) is 0. The fraction of sp³-hybridized carbons (Fsp3) is 0.923. The molecule has 552 valence electrons. The summed E-state index contributed by atoms with van der Waals surface area (Å²) >= 11 is 63.8. The van der Waals surface area contributed by atoms with Crippen LogP contribution in [-0.4, -0.2) is 128 Å². The summed E-state index contributed by atoms with van der Waals surface area (Å²) in [7, 11) is 0. The molecule has 12 aliphatic rings. The van der Waals surface area contributed by atoms with Gasteiger partial charge in [-0.1, -0.05) is 257 Å². The van der Waals surface area contributed by atoms with Crippen molar-refractivity contribution in [3.63, 3.8) is 0 Å². The fourth-order valence-electron chi connectivity index (χ4n) is 19.9. The number of hydrogen-bond acceptors (Lipinski definition) is 12. The van der Waals surface area contributed by atoms with E-state index in [2.05, 4.69) is 29.4 Å². The molecule has 0 heterocycles. The molecule has 0 unspecified atom stereocenters. The van der Waals surface area contributed by atoms with Gasteiger partial charge in [0.2, 0.25) is 0 Å². The van der Waals surface area contributed by atoms with Crippen LogP contribution < -0.4 is 0 Å². The first kappa shape index (κ1) is 87.3. The SMILES string of the molecule is S=C([S-])N(C1CCCCC1)C1CCCCC1.S=C([S-])N(C1CCCCC1)C1CCCCC1.S=C([S-])N(C1CCCCC1)C1CCCCC1.S=C([S-])N(C1CCCCC1)C1CCCCC1.S=C([S-])N(C1CCCCC1)C1CCCCC1.S=C([S-])N(C1CCCCC1)C1CCCCC1.[Mo+6]. The van der Waals surface area contributed by atoms with Crippen LogP contribution in [0, 0.1) is 0 Å². The normalized spacial score (nSPS) is 24.0. The summed E-state index contributed by atoms with van der Waals surface area (Å²) in [6.07, 6.45) is 81.1. The Bertz CT molecular complexity index is 1670. The van der Waals surface area contributed by atoms with Gasteiger partial charge < -0.3 is 178 Å². The third kappa shape index (κ3) is 30.9. The second-order valence-electron chi connectivity index (χ2n) is 31.5. The van der Waals surface area contributed by atoms with Crippen LogP contribution in [0.1, 0.15) is 385 Å². The topological polar surface area (TPSA) is 19.4 Å². The first-order valence-electron chi connectivity index (χ1n) is 40.7. The van der Waals surface area contributed by atoms with E-state index in [1.807, 2.05) is 0 Å². The van der Waals surface area contributed by atoms with Crippen LogP contribution in [0.25, 0.3) is 0 Å². The predicted octanol–water partition coefficient (Wildman–Crippen LogP) is 22.7. The van der Waals surface area contributed by atoms with Gasteiger partial charge in [-0.2, -0.15) is 0 Å². The van der Waals surface area contributed by atoms with Crippen molar-refractivity contribution in [2.24, 2.45) is 0 Å². The molecule has 0 aromatic rings. The van der Waals surface area contributed by atoms with Crippen molar-refractivity contribution in [3.05, 3.63) is 0 Å². The summed E-state index contributed by atoms with van der Waals surface area (Å²) in [5.41, 5.74) is 0. The Morgan fingerprint density at radius 3 is 0.258 bits per heavy atom. The second kappa shape index (κ2) is 50.8. The molecular weight excluding hydrogens is 1500 g/mol. The van der Waals surface area contributed by atoms with Crippen LogP contribution in [0.3, 0.4) is 0 Å². The molecule has 0 aromatic carbocycles. The zero-order chi connectivity index (χ0) is 68.3. The van der Waals surface area contributed by atoms with Crippen molar-refractivity contribution < 1.29 is 21.1 Å². The van der Waals surface area contributed by atoms with Gasteiger partial charge in [-0.25, -0.2) is 0 Å². The Morgan fingerprint density at radius 2 is 0.206 bits per heavy atom. The third-order valence-electron chi connectivity index (χ3n) is 24.9. The van der Waals surface area contributed by atoms with Crippen molar-refractivity contribution >= 4 is 175 Å². The van der Waals surface area contributed by atoms with Crippen molar-refractivity contribution in [2.75, 3.05) is 0 Å². The van der Waals surface area contributed by atoms with Gasteiger partial charge in [0, 0.05) is 72.5 Å². The van der Waals surface area contributed by atoms with Crippen LogP contribution in [0.4, 0.5) is 0 Å². The molecule has 6 nitrogen and oxygen atoms in total.